The van der Waals surface area contributed by atoms with Crippen LogP contribution in [-0.2, 0) is 0 Å². The highest BCUT2D eigenvalue weighted by Crippen LogP contribution is 2.11. The smallest absolute Gasteiger partial charge is 0.315 e. The molecule has 0 spiro atoms. The van der Waals surface area contributed by atoms with Crippen LogP contribution in [0.2, 0.25) is 0 Å². The average molecular weight is 280 g/mol. The van der Waals surface area contributed by atoms with Gasteiger partial charge in [0.15, 0.2) is 0 Å². The van der Waals surface area contributed by atoms with Gasteiger partial charge in [-0.05, 0) is 5.56 Å². The lowest BCUT2D eigenvalue weighted by molar-refractivity contribution is 0.217. The molecule has 104 valence electrons. The summed E-state index contributed by atoms with van der Waals surface area (Å²) in [6, 6.07) is 8.77. The van der Waals surface area contributed by atoms with Gasteiger partial charge in [0.25, 0.3) is 0 Å². The van der Waals surface area contributed by atoms with Crippen LogP contribution in [0, 0.1) is 0 Å². The second-order valence-corrected chi connectivity index (χ2v) is 5.06. The number of hydrogen-bond acceptors (Lipinski definition) is 3. The highest BCUT2D eigenvalue weighted by atomic mass is 32.2. The van der Waals surface area contributed by atoms with Crippen LogP contribution in [0.25, 0.3) is 0 Å². The number of nitrogens with one attached hydrogen (secondary N) is 2. The van der Waals surface area contributed by atoms with Crippen molar-refractivity contribution in [2.24, 2.45) is 0 Å². The highest BCUT2D eigenvalue weighted by Gasteiger charge is 2.12. The van der Waals surface area contributed by atoms with Gasteiger partial charge in [0, 0.05) is 18.1 Å². The Morgan fingerprint density at radius 3 is 2.79 bits per heavy atom. The molecular formula is C14H20N2O2S. The Labute approximate surface area is 118 Å². The van der Waals surface area contributed by atoms with Crippen LogP contribution < -0.4 is 10.6 Å². The molecule has 1 aromatic rings. The molecule has 1 atom stereocenters. The summed E-state index contributed by atoms with van der Waals surface area (Å²) >= 11 is 1.71. The Balaban J connectivity index is 2.31. The third-order valence-electron chi connectivity index (χ3n) is 2.46. The molecule has 1 rings (SSSR count). The molecule has 2 amide bonds. The molecule has 0 saturated carbocycles. The van der Waals surface area contributed by atoms with Crippen molar-refractivity contribution in [3.63, 3.8) is 0 Å². The van der Waals surface area contributed by atoms with E-state index in [0.29, 0.717) is 6.54 Å². The Kier molecular flexibility index (Phi) is 7.77. The minimum atomic E-state index is -0.373. The van der Waals surface area contributed by atoms with Gasteiger partial charge in [0.1, 0.15) is 0 Å². The van der Waals surface area contributed by atoms with Crippen LogP contribution in [0.5, 0.6) is 0 Å². The summed E-state index contributed by atoms with van der Waals surface area (Å²) in [6.07, 6.45) is 1.84. The number of amides is 2. The van der Waals surface area contributed by atoms with E-state index < -0.39 is 0 Å². The first-order chi connectivity index (χ1) is 9.27. The van der Waals surface area contributed by atoms with Crippen LogP contribution in [-0.4, -0.2) is 35.8 Å². The van der Waals surface area contributed by atoms with E-state index in [-0.39, 0.29) is 18.7 Å². The molecule has 3 N–H and O–H groups in total. The number of urea groups is 1. The summed E-state index contributed by atoms with van der Waals surface area (Å²) in [5, 5.41) is 14.8. The van der Waals surface area contributed by atoms with Crippen molar-refractivity contribution in [3.05, 3.63) is 48.6 Å². The lowest BCUT2D eigenvalue weighted by Crippen LogP contribution is -2.40. The van der Waals surface area contributed by atoms with E-state index in [1.54, 1.807) is 11.8 Å². The summed E-state index contributed by atoms with van der Waals surface area (Å²) < 4.78 is 0. The first-order valence-corrected chi connectivity index (χ1v) is 7.32. The lowest BCUT2D eigenvalue weighted by atomic mass is 10.1. The van der Waals surface area contributed by atoms with Gasteiger partial charge in [-0.25, -0.2) is 4.79 Å². The molecule has 0 fully saturated rings. The van der Waals surface area contributed by atoms with Crippen LogP contribution in [0.15, 0.2) is 43.0 Å². The minimum Gasteiger partial charge on any atom is -0.394 e. The molecule has 0 unspecified atom stereocenters. The number of aliphatic hydroxyl groups is 1. The number of carbonyl (C=O) groups excluding carboxylic acids is 1. The zero-order chi connectivity index (χ0) is 13.9. The zero-order valence-corrected chi connectivity index (χ0v) is 11.7. The van der Waals surface area contributed by atoms with Crippen LogP contribution in [0.3, 0.4) is 0 Å². The van der Waals surface area contributed by atoms with Crippen molar-refractivity contribution in [2.45, 2.75) is 6.04 Å². The minimum absolute atomic E-state index is 0.122. The SMILES string of the molecule is C=CCSCCNC(=O)N[C@H](CO)c1ccccc1. The van der Waals surface area contributed by atoms with Crippen LogP contribution in [0.1, 0.15) is 11.6 Å². The molecule has 0 aromatic heterocycles. The second-order valence-electron chi connectivity index (χ2n) is 3.91. The van der Waals surface area contributed by atoms with Gasteiger partial charge in [-0.1, -0.05) is 36.4 Å². The maximum atomic E-state index is 11.7. The Bertz CT molecular complexity index is 384. The van der Waals surface area contributed by atoms with E-state index in [9.17, 15) is 9.90 Å². The second kappa shape index (κ2) is 9.47. The number of carbonyl (C=O) groups is 1. The fraction of sp³-hybridized carbons (Fsp3) is 0.357. The molecule has 0 saturated heterocycles. The summed E-state index contributed by atoms with van der Waals surface area (Å²) in [6.45, 7) is 4.10. The Morgan fingerprint density at radius 1 is 1.42 bits per heavy atom. The zero-order valence-electron chi connectivity index (χ0n) is 10.8. The summed E-state index contributed by atoms with van der Waals surface area (Å²) in [7, 11) is 0. The largest absolute Gasteiger partial charge is 0.394 e. The Hall–Kier alpha value is -1.46. The standard InChI is InChI=1S/C14H20N2O2S/c1-2-9-19-10-8-15-14(18)16-13(11-17)12-6-4-3-5-7-12/h2-7,13,17H,1,8-11H2,(H2,15,16,18)/t13-/m1/s1. The van der Waals surface area contributed by atoms with Gasteiger partial charge in [-0.15, -0.1) is 6.58 Å². The van der Waals surface area contributed by atoms with Gasteiger partial charge >= 0.3 is 6.03 Å². The molecule has 0 heterocycles. The number of aliphatic hydroxyl groups excluding tert-OH is 1. The molecule has 4 nitrogen and oxygen atoms in total. The molecule has 5 heteroatoms. The number of rotatable bonds is 8. The van der Waals surface area contributed by atoms with Gasteiger partial charge in [0.05, 0.1) is 12.6 Å². The lowest BCUT2D eigenvalue weighted by Gasteiger charge is -2.17. The first-order valence-electron chi connectivity index (χ1n) is 6.16. The third-order valence-corrected chi connectivity index (χ3v) is 3.42. The highest BCUT2D eigenvalue weighted by molar-refractivity contribution is 7.99. The van der Waals surface area contributed by atoms with E-state index >= 15 is 0 Å². The molecule has 0 aliphatic carbocycles. The summed E-state index contributed by atoms with van der Waals surface area (Å²) in [5.41, 5.74) is 0.890. The molecule has 1 aromatic carbocycles. The van der Waals surface area contributed by atoms with E-state index in [0.717, 1.165) is 17.1 Å². The Morgan fingerprint density at radius 2 is 2.16 bits per heavy atom. The van der Waals surface area contributed by atoms with E-state index in [1.807, 2.05) is 36.4 Å². The molecule has 19 heavy (non-hydrogen) atoms. The quantitative estimate of drug-likeness (QED) is 0.504. The van der Waals surface area contributed by atoms with Crippen molar-refractivity contribution in [1.29, 1.82) is 0 Å². The predicted molar refractivity (Wildman–Crippen MR) is 80.3 cm³/mol. The van der Waals surface area contributed by atoms with Crippen molar-refractivity contribution in [2.75, 3.05) is 24.7 Å². The average Bonchev–Trinajstić information content (AvgIpc) is 2.45. The molecule has 0 bridgehead atoms. The fourth-order valence-electron chi connectivity index (χ4n) is 1.53. The molecule has 0 radical (unpaired) electrons. The predicted octanol–water partition coefficient (Wildman–Crippen LogP) is 1.94. The van der Waals surface area contributed by atoms with Crippen molar-refractivity contribution < 1.29 is 9.90 Å². The van der Waals surface area contributed by atoms with Gasteiger partial charge in [0.2, 0.25) is 0 Å². The summed E-state index contributed by atoms with van der Waals surface area (Å²) in [5.74, 6) is 1.72. The van der Waals surface area contributed by atoms with Crippen LogP contribution in [0.4, 0.5) is 4.79 Å². The van der Waals surface area contributed by atoms with Crippen LogP contribution >= 0.6 is 11.8 Å². The normalized spacial score (nSPS) is 11.6. The first kappa shape index (κ1) is 15.6. The van der Waals surface area contributed by atoms with E-state index in [2.05, 4.69) is 17.2 Å². The topological polar surface area (TPSA) is 61.4 Å². The number of thioether (sulfide) groups is 1. The van der Waals surface area contributed by atoms with Crippen molar-refractivity contribution >= 4 is 17.8 Å². The maximum absolute atomic E-state index is 11.7. The third kappa shape index (κ3) is 6.31. The monoisotopic (exact) mass is 280 g/mol. The van der Waals surface area contributed by atoms with Crippen molar-refractivity contribution in [3.8, 4) is 0 Å². The molecule has 0 aliphatic rings. The van der Waals surface area contributed by atoms with Gasteiger partial charge < -0.3 is 15.7 Å². The van der Waals surface area contributed by atoms with Crippen molar-refractivity contribution in [1.82, 2.24) is 10.6 Å². The summed E-state index contributed by atoms with van der Waals surface area (Å²) in [4.78, 5) is 11.7. The maximum Gasteiger partial charge on any atom is 0.315 e. The van der Waals surface area contributed by atoms with Gasteiger partial charge in [-0.2, -0.15) is 11.8 Å². The fourth-order valence-corrected chi connectivity index (χ4v) is 2.11. The van der Waals surface area contributed by atoms with E-state index in [1.165, 1.54) is 0 Å². The molecular weight excluding hydrogens is 260 g/mol. The number of benzene rings is 1. The number of hydrogen-bond donors (Lipinski definition) is 3. The van der Waals surface area contributed by atoms with E-state index in [4.69, 9.17) is 0 Å². The van der Waals surface area contributed by atoms with Gasteiger partial charge in [-0.3, -0.25) is 0 Å². The molecule has 0 aliphatic heterocycles.